The minimum atomic E-state index is -0.00760. The molecule has 0 fully saturated rings. The second-order valence-corrected chi connectivity index (χ2v) is 6.34. The number of ether oxygens (including phenoxy) is 1. The van der Waals surface area contributed by atoms with Crippen LogP contribution in [0.5, 0.6) is 0 Å². The van der Waals surface area contributed by atoms with E-state index in [4.69, 9.17) is 4.74 Å². The topological polar surface area (TPSA) is 26.3 Å². The van der Waals surface area contributed by atoms with Crippen molar-refractivity contribution < 1.29 is 9.53 Å². The Hall–Kier alpha value is -0.0500. The van der Waals surface area contributed by atoms with Crippen LogP contribution in [0, 0.1) is 0 Å². The molecule has 0 aromatic carbocycles. The molecule has 120 valence electrons. The first-order chi connectivity index (χ1) is 9.81. The van der Waals surface area contributed by atoms with E-state index >= 15 is 0 Å². The Morgan fingerprint density at radius 2 is 1.35 bits per heavy atom. The first-order valence-electron chi connectivity index (χ1n) is 8.52. The monoisotopic (exact) mass is 348 g/mol. The van der Waals surface area contributed by atoms with Crippen molar-refractivity contribution >= 4 is 21.9 Å². The van der Waals surface area contributed by atoms with Gasteiger partial charge in [-0.2, -0.15) is 0 Å². The lowest BCUT2D eigenvalue weighted by atomic mass is 10.1. The molecule has 0 unspecified atom stereocenters. The summed E-state index contributed by atoms with van der Waals surface area (Å²) in [5, 5.41) is 1.07. The Morgan fingerprint density at radius 1 is 0.800 bits per heavy atom. The van der Waals surface area contributed by atoms with Gasteiger partial charge in [0.1, 0.15) is 0 Å². The molecule has 0 aromatic rings. The number of halogens is 1. The van der Waals surface area contributed by atoms with Crippen LogP contribution in [0.25, 0.3) is 0 Å². The van der Waals surface area contributed by atoms with Crippen LogP contribution in [-0.2, 0) is 9.53 Å². The molecular formula is C17H33BrO2. The zero-order valence-corrected chi connectivity index (χ0v) is 14.9. The molecule has 0 radical (unpaired) electrons. The third-order valence-corrected chi connectivity index (χ3v) is 4.09. The lowest BCUT2D eigenvalue weighted by molar-refractivity contribution is -0.143. The fourth-order valence-corrected chi connectivity index (χ4v) is 2.61. The molecule has 0 N–H and O–H groups in total. The number of alkyl halides is 1. The molecule has 2 nitrogen and oxygen atoms in total. The highest BCUT2D eigenvalue weighted by atomic mass is 79.9. The Balaban J connectivity index is 3.11. The molecule has 3 heteroatoms. The second kappa shape index (κ2) is 17.0. The lowest BCUT2D eigenvalue weighted by Gasteiger charge is -2.05. The van der Waals surface area contributed by atoms with Crippen molar-refractivity contribution in [3.63, 3.8) is 0 Å². The largest absolute Gasteiger partial charge is 0.466 e. The van der Waals surface area contributed by atoms with E-state index in [-0.39, 0.29) is 5.97 Å². The molecule has 0 spiro atoms. The van der Waals surface area contributed by atoms with Crippen molar-refractivity contribution in [2.45, 2.75) is 90.4 Å². The van der Waals surface area contributed by atoms with Crippen LogP contribution in [0.1, 0.15) is 90.4 Å². The number of carbonyl (C=O) groups is 1. The maximum atomic E-state index is 11.5. The van der Waals surface area contributed by atoms with Crippen molar-refractivity contribution in [3.05, 3.63) is 0 Å². The van der Waals surface area contributed by atoms with Crippen LogP contribution in [0.15, 0.2) is 0 Å². The van der Waals surface area contributed by atoms with Crippen LogP contribution >= 0.6 is 15.9 Å². The van der Waals surface area contributed by atoms with E-state index in [9.17, 15) is 4.79 Å². The molecule has 0 atom stereocenters. The van der Waals surface area contributed by atoms with Crippen LogP contribution in [-0.4, -0.2) is 17.9 Å². The van der Waals surface area contributed by atoms with Crippen molar-refractivity contribution in [2.75, 3.05) is 11.9 Å². The summed E-state index contributed by atoms with van der Waals surface area (Å²) in [5.74, 6) is -0.00760. The maximum absolute atomic E-state index is 11.5. The molecule has 0 saturated heterocycles. The van der Waals surface area contributed by atoms with Crippen molar-refractivity contribution in [1.82, 2.24) is 0 Å². The van der Waals surface area contributed by atoms with Gasteiger partial charge in [0, 0.05) is 11.8 Å². The van der Waals surface area contributed by atoms with Gasteiger partial charge in [0.25, 0.3) is 0 Å². The molecule has 0 bridgehead atoms. The standard InChI is InChI=1S/C17H33BrO2/c1-2-3-4-5-6-7-10-13-16-20-17(19)14-11-8-9-12-15-18/h2-16H2,1H3. The van der Waals surface area contributed by atoms with Crippen LogP contribution in [0.3, 0.4) is 0 Å². The summed E-state index contributed by atoms with van der Waals surface area (Å²) in [7, 11) is 0. The summed E-state index contributed by atoms with van der Waals surface area (Å²) in [4.78, 5) is 11.5. The van der Waals surface area contributed by atoms with Crippen molar-refractivity contribution in [3.8, 4) is 0 Å². The van der Waals surface area contributed by atoms with Gasteiger partial charge in [-0.05, 0) is 19.3 Å². The molecule has 0 aliphatic heterocycles. The van der Waals surface area contributed by atoms with Gasteiger partial charge < -0.3 is 4.74 Å². The molecule has 0 aliphatic rings. The Labute approximate surface area is 134 Å². The summed E-state index contributed by atoms with van der Waals surface area (Å²) in [6.45, 7) is 2.87. The summed E-state index contributed by atoms with van der Waals surface area (Å²) in [6, 6.07) is 0. The van der Waals surface area contributed by atoms with Gasteiger partial charge >= 0.3 is 5.97 Å². The fraction of sp³-hybridized carbons (Fsp3) is 0.941. The molecule has 0 rings (SSSR count). The maximum Gasteiger partial charge on any atom is 0.305 e. The second-order valence-electron chi connectivity index (χ2n) is 5.55. The summed E-state index contributed by atoms with van der Waals surface area (Å²) in [6.07, 6.45) is 15.4. The molecule has 20 heavy (non-hydrogen) atoms. The molecule has 0 aliphatic carbocycles. The SMILES string of the molecule is CCCCCCCCCCOC(=O)CCCCCCBr. The smallest absolute Gasteiger partial charge is 0.305 e. The molecule has 0 aromatic heterocycles. The van der Waals surface area contributed by atoms with Crippen LogP contribution in [0.2, 0.25) is 0 Å². The third kappa shape index (κ3) is 16.0. The molecule has 0 saturated carbocycles. The van der Waals surface area contributed by atoms with Gasteiger partial charge in [-0.3, -0.25) is 4.79 Å². The number of carbonyl (C=O) groups excluding carboxylic acids is 1. The van der Waals surface area contributed by atoms with E-state index in [1.165, 1.54) is 57.8 Å². The minimum Gasteiger partial charge on any atom is -0.466 e. The van der Waals surface area contributed by atoms with Gasteiger partial charge in [-0.25, -0.2) is 0 Å². The average molecular weight is 349 g/mol. The summed E-state index contributed by atoms with van der Waals surface area (Å²) >= 11 is 3.41. The van der Waals surface area contributed by atoms with Crippen LogP contribution < -0.4 is 0 Å². The van der Waals surface area contributed by atoms with Gasteiger partial charge in [0.05, 0.1) is 6.61 Å². The van der Waals surface area contributed by atoms with E-state index in [0.29, 0.717) is 13.0 Å². The number of esters is 1. The number of hydrogen-bond acceptors (Lipinski definition) is 2. The van der Waals surface area contributed by atoms with Crippen LogP contribution in [0.4, 0.5) is 0 Å². The fourth-order valence-electron chi connectivity index (χ4n) is 2.21. The highest BCUT2D eigenvalue weighted by molar-refractivity contribution is 9.09. The Bertz CT molecular complexity index is 207. The molecule has 0 heterocycles. The zero-order valence-electron chi connectivity index (χ0n) is 13.3. The van der Waals surface area contributed by atoms with E-state index in [1.54, 1.807) is 0 Å². The van der Waals surface area contributed by atoms with E-state index in [1.807, 2.05) is 0 Å². The first kappa shape index (κ1) is 19.9. The summed E-state index contributed by atoms with van der Waals surface area (Å²) < 4.78 is 5.25. The first-order valence-corrected chi connectivity index (χ1v) is 9.65. The average Bonchev–Trinajstić information content (AvgIpc) is 2.45. The predicted molar refractivity (Wildman–Crippen MR) is 90.4 cm³/mol. The van der Waals surface area contributed by atoms with E-state index < -0.39 is 0 Å². The predicted octanol–water partition coefficient (Wildman–Crippen LogP) is 6.02. The highest BCUT2D eigenvalue weighted by Crippen LogP contribution is 2.09. The van der Waals surface area contributed by atoms with Crippen molar-refractivity contribution in [1.29, 1.82) is 0 Å². The molecule has 0 amide bonds. The minimum absolute atomic E-state index is 0.00760. The number of rotatable bonds is 15. The number of unbranched alkanes of at least 4 members (excludes halogenated alkanes) is 10. The highest BCUT2D eigenvalue weighted by Gasteiger charge is 2.02. The van der Waals surface area contributed by atoms with E-state index in [2.05, 4.69) is 22.9 Å². The normalized spacial score (nSPS) is 10.7. The summed E-state index contributed by atoms with van der Waals surface area (Å²) in [5.41, 5.74) is 0. The van der Waals surface area contributed by atoms with Gasteiger partial charge in [0.15, 0.2) is 0 Å². The Kier molecular flexibility index (Phi) is 17.0. The lowest BCUT2D eigenvalue weighted by Crippen LogP contribution is -2.05. The van der Waals surface area contributed by atoms with Gasteiger partial charge in [-0.15, -0.1) is 0 Å². The third-order valence-electron chi connectivity index (χ3n) is 3.53. The Morgan fingerprint density at radius 3 is 2.00 bits per heavy atom. The molecular weight excluding hydrogens is 316 g/mol. The van der Waals surface area contributed by atoms with Gasteiger partial charge in [0.2, 0.25) is 0 Å². The zero-order chi connectivity index (χ0) is 14.9. The van der Waals surface area contributed by atoms with Crippen molar-refractivity contribution in [2.24, 2.45) is 0 Å². The number of hydrogen-bond donors (Lipinski definition) is 0. The van der Waals surface area contributed by atoms with Gasteiger partial charge in [-0.1, -0.05) is 80.6 Å². The van der Waals surface area contributed by atoms with E-state index in [0.717, 1.165) is 24.6 Å². The quantitative estimate of drug-likeness (QED) is 0.205.